The molecule has 4 heteroatoms. The number of benzene rings is 1. The molecule has 1 N–H and O–H groups in total. The first-order valence-corrected chi connectivity index (χ1v) is 14.4. The Hall–Kier alpha value is -2.35. The zero-order valence-electron chi connectivity index (χ0n) is 23.3. The maximum atomic E-state index is 12.1. The predicted octanol–water partition coefficient (Wildman–Crippen LogP) is 6.45. The third kappa shape index (κ3) is 5.31. The summed E-state index contributed by atoms with van der Waals surface area (Å²) < 4.78 is 5.52. The van der Waals surface area contributed by atoms with E-state index in [1.807, 2.05) is 19.9 Å². The molecular weight excluding hydrogens is 458 g/mol. The van der Waals surface area contributed by atoms with Crippen LogP contribution in [0.4, 0.5) is 5.69 Å². The summed E-state index contributed by atoms with van der Waals surface area (Å²) >= 11 is 0. The van der Waals surface area contributed by atoms with Crippen LogP contribution in [0.3, 0.4) is 0 Å². The van der Waals surface area contributed by atoms with Crippen molar-refractivity contribution in [3.8, 4) is 12.3 Å². The monoisotopic (exact) mass is 503 g/mol. The van der Waals surface area contributed by atoms with Gasteiger partial charge in [0.15, 0.2) is 5.78 Å². The fraction of sp³-hybridized carbons (Fsp3) is 0.606. The number of carbonyl (C=O) groups is 1. The molecule has 4 aliphatic carbocycles. The van der Waals surface area contributed by atoms with Crippen LogP contribution >= 0.6 is 0 Å². The molecule has 4 nitrogen and oxygen atoms in total. The largest absolute Gasteiger partial charge is 0.393 e. The lowest BCUT2D eigenvalue weighted by atomic mass is 9.53. The molecule has 0 bridgehead atoms. The number of aliphatic hydroxyl groups is 1. The number of carbonyl (C=O) groups excluding carboxylic acids is 1. The molecule has 0 radical (unpaired) electrons. The van der Waals surface area contributed by atoms with E-state index < -0.39 is 0 Å². The SMILES string of the molecule is C#CC.CC.CC12CC(c3ccc(N4CCOCC4)cc3)C3=C4CCC(=O)C=C4CCC3C1CCC2O. The highest BCUT2D eigenvalue weighted by molar-refractivity contribution is 5.93. The van der Waals surface area contributed by atoms with Gasteiger partial charge in [-0.25, -0.2) is 0 Å². The van der Waals surface area contributed by atoms with Crippen molar-refractivity contribution in [3.63, 3.8) is 0 Å². The van der Waals surface area contributed by atoms with Crippen molar-refractivity contribution in [1.82, 2.24) is 0 Å². The van der Waals surface area contributed by atoms with Crippen molar-refractivity contribution < 1.29 is 14.6 Å². The molecular formula is C33H45NO3. The normalized spacial score (nSPS) is 32.4. The Labute approximate surface area is 224 Å². The summed E-state index contributed by atoms with van der Waals surface area (Å²) in [5, 5.41) is 11.0. The average molecular weight is 504 g/mol. The van der Waals surface area contributed by atoms with Gasteiger partial charge in [0.25, 0.3) is 0 Å². The van der Waals surface area contributed by atoms with Crippen LogP contribution in [-0.4, -0.2) is 43.3 Å². The summed E-state index contributed by atoms with van der Waals surface area (Å²) in [5.41, 5.74) is 7.07. The zero-order valence-corrected chi connectivity index (χ0v) is 23.3. The second-order valence-corrected chi connectivity index (χ2v) is 11.2. The Balaban J connectivity index is 0.000000599. The molecule has 1 heterocycles. The molecule has 1 aliphatic heterocycles. The lowest BCUT2D eigenvalue weighted by Crippen LogP contribution is -2.45. The number of terminal acetylenes is 1. The van der Waals surface area contributed by atoms with E-state index in [0.29, 0.717) is 30.0 Å². The highest BCUT2D eigenvalue weighted by Crippen LogP contribution is 2.63. The van der Waals surface area contributed by atoms with E-state index in [2.05, 4.69) is 48.4 Å². The van der Waals surface area contributed by atoms with Gasteiger partial charge in [0.2, 0.25) is 0 Å². The van der Waals surface area contributed by atoms with Gasteiger partial charge in [0.05, 0.1) is 19.3 Å². The first kappa shape index (κ1) is 27.7. The number of hydrogen-bond donors (Lipinski definition) is 1. The van der Waals surface area contributed by atoms with E-state index in [0.717, 1.165) is 64.8 Å². The van der Waals surface area contributed by atoms with Gasteiger partial charge in [-0.1, -0.05) is 38.5 Å². The number of allylic oxidation sites excluding steroid dienone is 4. The van der Waals surface area contributed by atoms with Gasteiger partial charge in [-0.15, -0.1) is 12.3 Å². The molecule has 6 rings (SSSR count). The Morgan fingerprint density at radius 3 is 2.41 bits per heavy atom. The van der Waals surface area contributed by atoms with Gasteiger partial charge in [0.1, 0.15) is 0 Å². The number of morpholine rings is 1. The Morgan fingerprint density at radius 1 is 1.05 bits per heavy atom. The molecule has 5 unspecified atom stereocenters. The quantitative estimate of drug-likeness (QED) is 0.471. The number of aliphatic hydroxyl groups excluding tert-OH is 1. The van der Waals surface area contributed by atoms with Crippen LogP contribution in [0.15, 0.2) is 47.1 Å². The maximum Gasteiger partial charge on any atom is 0.156 e. The molecule has 0 spiro atoms. The zero-order chi connectivity index (χ0) is 26.6. The molecule has 5 atom stereocenters. The molecule has 1 saturated heterocycles. The molecule has 0 aromatic heterocycles. The van der Waals surface area contributed by atoms with Gasteiger partial charge >= 0.3 is 0 Å². The van der Waals surface area contributed by atoms with Gasteiger partial charge in [-0.2, -0.15) is 0 Å². The van der Waals surface area contributed by atoms with E-state index in [-0.39, 0.29) is 11.5 Å². The summed E-state index contributed by atoms with van der Waals surface area (Å²) in [4.78, 5) is 14.6. The molecule has 5 aliphatic rings. The van der Waals surface area contributed by atoms with Gasteiger partial charge < -0.3 is 14.7 Å². The second kappa shape index (κ2) is 12.0. The fourth-order valence-electron chi connectivity index (χ4n) is 7.67. The Kier molecular flexibility index (Phi) is 8.98. The molecule has 3 fully saturated rings. The minimum Gasteiger partial charge on any atom is -0.393 e. The van der Waals surface area contributed by atoms with E-state index in [1.54, 1.807) is 12.5 Å². The first-order chi connectivity index (χ1) is 18.0. The molecule has 37 heavy (non-hydrogen) atoms. The maximum absolute atomic E-state index is 12.1. The van der Waals surface area contributed by atoms with Crippen LogP contribution in [0, 0.1) is 29.6 Å². The summed E-state index contributed by atoms with van der Waals surface area (Å²) in [6.45, 7) is 11.5. The lowest BCUT2D eigenvalue weighted by Gasteiger charge is -2.52. The van der Waals surface area contributed by atoms with Gasteiger partial charge in [0, 0.05) is 31.1 Å². The minimum absolute atomic E-state index is 0.00597. The van der Waals surface area contributed by atoms with E-state index in [9.17, 15) is 9.90 Å². The third-order valence-electron chi connectivity index (χ3n) is 9.35. The number of anilines is 1. The predicted molar refractivity (Wildman–Crippen MR) is 152 cm³/mol. The van der Waals surface area contributed by atoms with Crippen LogP contribution < -0.4 is 4.90 Å². The lowest BCUT2D eigenvalue weighted by molar-refractivity contribution is -0.114. The second-order valence-electron chi connectivity index (χ2n) is 11.2. The third-order valence-corrected chi connectivity index (χ3v) is 9.35. The number of hydrogen-bond acceptors (Lipinski definition) is 4. The molecule has 1 aromatic carbocycles. The highest BCUT2D eigenvalue weighted by atomic mass is 16.5. The number of rotatable bonds is 2. The van der Waals surface area contributed by atoms with Crippen molar-refractivity contribution in [2.24, 2.45) is 17.3 Å². The number of fused-ring (bicyclic) bond motifs is 4. The fourth-order valence-corrected chi connectivity index (χ4v) is 7.67. The van der Waals surface area contributed by atoms with Crippen molar-refractivity contribution in [1.29, 1.82) is 0 Å². The van der Waals surface area contributed by atoms with Crippen LogP contribution in [-0.2, 0) is 9.53 Å². The number of ether oxygens (including phenoxy) is 1. The molecule has 2 saturated carbocycles. The molecule has 200 valence electrons. The summed E-state index contributed by atoms with van der Waals surface area (Å²) in [6.07, 6.45) is 13.2. The van der Waals surface area contributed by atoms with Crippen molar-refractivity contribution >= 4 is 11.5 Å². The summed E-state index contributed by atoms with van der Waals surface area (Å²) in [6, 6.07) is 9.23. The molecule has 1 aromatic rings. The van der Waals surface area contributed by atoms with Crippen LogP contribution in [0.5, 0.6) is 0 Å². The highest BCUT2D eigenvalue weighted by Gasteiger charge is 2.56. The number of nitrogens with zero attached hydrogens (tertiary/aromatic N) is 1. The minimum atomic E-state index is -0.195. The smallest absolute Gasteiger partial charge is 0.156 e. The van der Waals surface area contributed by atoms with Crippen LogP contribution in [0.1, 0.15) is 84.1 Å². The summed E-state index contributed by atoms with van der Waals surface area (Å²) in [7, 11) is 0. The van der Waals surface area contributed by atoms with Crippen molar-refractivity contribution in [2.45, 2.75) is 84.7 Å². The molecule has 0 amide bonds. The standard InChI is InChI=1S/C28H35NO3.C3H4.C2H6/c1-28-17-24(18-2-5-20(6-3-18)29-12-14-32-15-13-29)27-22-9-7-21(30)16-19(22)4-8-23(27)25(28)10-11-26(28)31;1-3-2;1-2/h2-3,5-6,16,23-26,31H,4,7-15,17H2,1H3;1H,2H3;1-2H3. The topological polar surface area (TPSA) is 49.8 Å². The van der Waals surface area contributed by atoms with E-state index in [1.165, 1.54) is 22.4 Å². The Bertz CT molecular complexity index is 1060. The van der Waals surface area contributed by atoms with Crippen LogP contribution in [0.2, 0.25) is 0 Å². The van der Waals surface area contributed by atoms with Gasteiger partial charge in [-0.3, -0.25) is 4.79 Å². The van der Waals surface area contributed by atoms with E-state index >= 15 is 0 Å². The average Bonchev–Trinajstić information content (AvgIpc) is 3.24. The van der Waals surface area contributed by atoms with E-state index in [4.69, 9.17) is 4.74 Å². The van der Waals surface area contributed by atoms with Gasteiger partial charge in [-0.05, 0) is 97.6 Å². The Morgan fingerprint density at radius 2 is 1.73 bits per heavy atom. The first-order valence-electron chi connectivity index (χ1n) is 14.4. The van der Waals surface area contributed by atoms with Crippen LogP contribution in [0.25, 0.3) is 0 Å². The summed E-state index contributed by atoms with van der Waals surface area (Å²) in [5.74, 6) is 4.02. The van der Waals surface area contributed by atoms with Crippen molar-refractivity contribution in [2.75, 3.05) is 31.2 Å². The number of ketones is 1. The van der Waals surface area contributed by atoms with Crippen molar-refractivity contribution in [3.05, 3.63) is 52.6 Å².